The highest BCUT2D eigenvalue weighted by Crippen LogP contribution is 2.29. The molecule has 2 aromatic rings. The summed E-state index contributed by atoms with van der Waals surface area (Å²) in [5.41, 5.74) is 3.50. The highest BCUT2D eigenvalue weighted by atomic mass is 19.1. The maximum atomic E-state index is 13.3. The van der Waals surface area contributed by atoms with Crippen molar-refractivity contribution in [3.8, 4) is 11.5 Å². The number of nitrogens with one attached hydrogen (secondary N) is 2. The Morgan fingerprint density at radius 2 is 1.90 bits per heavy atom. The van der Waals surface area contributed by atoms with E-state index >= 15 is 0 Å². The molecular formula is C21H24FN3O4. The van der Waals surface area contributed by atoms with Crippen molar-refractivity contribution in [3.05, 3.63) is 59.4 Å². The second kappa shape index (κ2) is 11.4. The zero-order valence-electron chi connectivity index (χ0n) is 16.4. The molecule has 0 aliphatic heterocycles. The Balaban J connectivity index is 2.00. The SMILES string of the molecule is CCCNC(=O)C(=O)N/N=C\c1ccc(OCc2cccc(F)c2)c(OCC)c1. The second-order valence-electron chi connectivity index (χ2n) is 6.01. The molecule has 0 saturated heterocycles. The quantitative estimate of drug-likeness (QED) is 0.384. The van der Waals surface area contributed by atoms with Crippen LogP contribution in [0.4, 0.5) is 4.39 Å². The summed E-state index contributed by atoms with van der Waals surface area (Å²) < 4.78 is 24.6. The molecule has 0 unspecified atom stereocenters. The van der Waals surface area contributed by atoms with Gasteiger partial charge < -0.3 is 14.8 Å². The number of hydrazone groups is 1. The van der Waals surface area contributed by atoms with Crippen LogP contribution in [0.1, 0.15) is 31.4 Å². The van der Waals surface area contributed by atoms with Crippen molar-refractivity contribution in [2.75, 3.05) is 13.2 Å². The van der Waals surface area contributed by atoms with E-state index < -0.39 is 11.8 Å². The van der Waals surface area contributed by atoms with Crippen LogP contribution in [0.3, 0.4) is 0 Å². The van der Waals surface area contributed by atoms with Crippen LogP contribution in [0.15, 0.2) is 47.6 Å². The smallest absolute Gasteiger partial charge is 0.329 e. The van der Waals surface area contributed by atoms with Crippen molar-refractivity contribution < 1.29 is 23.5 Å². The maximum Gasteiger partial charge on any atom is 0.329 e. The Kier molecular flexibility index (Phi) is 8.62. The summed E-state index contributed by atoms with van der Waals surface area (Å²) in [6.45, 7) is 4.76. The van der Waals surface area contributed by atoms with Crippen molar-refractivity contribution in [2.24, 2.45) is 5.10 Å². The largest absolute Gasteiger partial charge is 0.490 e. The first-order valence-electron chi connectivity index (χ1n) is 9.28. The topological polar surface area (TPSA) is 89.0 Å². The van der Waals surface area contributed by atoms with Gasteiger partial charge in [-0.25, -0.2) is 9.82 Å². The number of rotatable bonds is 9. The van der Waals surface area contributed by atoms with Gasteiger partial charge in [0.2, 0.25) is 0 Å². The molecule has 0 atom stereocenters. The number of benzene rings is 2. The standard InChI is InChI=1S/C21H24FN3O4/c1-3-10-23-20(26)21(27)25-24-13-15-8-9-18(19(12-15)28-4-2)29-14-16-6-5-7-17(22)11-16/h5-9,11-13H,3-4,10,14H2,1-2H3,(H,23,26)(H,25,27)/b24-13-. The van der Waals surface area contributed by atoms with E-state index in [-0.39, 0.29) is 12.4 Å². The van der Waals surface area contributed by atoms with Crippen LogP contribution in [0.25, 0.3) is 0 Å². The average molecular weight is 401 g/mol. The maximum absolute atomic E-state index is 13.3. The summed E-state index contributed by atoms with van der Waals surface area (Å²) in [5.74, 6) is -0.917. The summed E-state index contributed by atoms with van der Waals surface area (Å²) in [6, 6.07) is 11.3. The number of carbonyl (C=O) groups is 2. The molecule has 2 N–H and O–H groups in total. The molecular weight excluding hydrogens is 377 g/mol. The molecule has 2 aromatic carbocycles. The lowest BCUT2D eigenvalue weighted by molar-refractivity contribution is -0.139. The fraction of sp³-hybridized carbons (Fsp3) is 0.286. The van der Waals surface area contributed by atoms with Gasteiger partial charge in [-0.3, -0.25) is 9.59 Å². The van der Waals surface area contributed by atoms with Gasteiger partial charge in [-0.15, -0.1) is 0 Å². The van der Waals surface area contributed by atoms with E-state index in [0.717, 1.165) is 6.42 Å². The molecule has 154 valence electrons. The van der Waals surface area contributed by atoms with Crippen molar-refractivity contribution in [3.63, 3.8) is 0 Å². The van der Waals surface area contributed by atoms with Crippen LogP contribution in [0, 0.1) is 5.82 Å². The number of hydrogen-bond acceptors (Lipinski definition) is 5. The molecule has 0 fully saturated rings. The molecule has 0 spiro atoms. The lowest BCUT2D eigenvalue weighted by Crippen LogP contribution is -2.38. The highest BCUT2D eigenvalue weighted by Gasteiger charge is 2.11. The summed E-state index contributed by atoms with van der Waals surface area (Å²) in [5, 5.41) is 6.24. The van der Waals surface area contributed by atoms with Gasteiger partial charge in [-0.2, -0.15) is 5.10 Å². The lowest BCUT2D eigenvalue weighted by atomic mass is 10.2. The van der Waals surface area contributed by atoms with E-state index in [2.05, 4.69) is 15.8 Å². The van der Waals surface area contributed by atoms with Gasteiger partial charge in [0.05, 0.1) is 12.8 Å². The fourth-order valence-corrected chi connectivity index (χ4v) is 2.32. The van der Waals surface area contributed by atoms with E-state index in [1.807, 2.05) is 13.8 Å². The Hall–Kier alpha value is -3.42. The third kappa shape index (κ3) is 7.25. The van der Waals surface area contributed by atoms with Gasteiger partial charge in [0, 0.05) is 6.54 Å². The van der Waals surface area contributed by atoms with E-state index in [0.29, 0.717) is 35.8 Å². The number of amides is 2. The van der Waals surface area contributed by atoms with Crippen LogP contribution in [-0.2, 0) is 16.2 Å². The minimum absolute atomic E-state index is 0.189. The average Bonchev–Trinajstić information content (AvgIpc) is 2.71. The van der Waals surface area contributed by atoms with Crippen LogP contribution >= 0.6 is 0 Å². The van der Waals surface area contributed by atoms with Gasteiger partial charge >= 0.3 is 11.8 Å². The molecule has 0 aromatic heterocycles. The zero-order chi connectivity index (χ0) is 21.1. The Labute approximate surface area is 168 Å². The molecule has 8 heteroatoms. The molecule has 0 aliphatic carbocycles. The molecule has 0 saturated carbocycles. The van der Waals surface area contributed by atoms with Crippen molar-refractivity contribution in [1.82, 2.24) is 10.7 Å². The predicted octanol–water partition coefficient (Wildman–Crippen LogP) is 2.78. The van der Waals surface area contributed by atoms with Gasteiger partial charge in [-0.1, -0.05) is 19.1 Å². The number of ether oxygens (including phenoxy) is 2. The molecule has 2 rings (SSSR count). The van der Waals surface area contributed by atoms with E-state index in [1.54, 1.807) is 30.3 Å². The molecule has 29 heavy (non-hydrogen) atoms. The summed E-state index contributed by atoms with van der Waals surface area (Å²) in [6.07, 6.45) is 2.12. The molecule has 7 nitrogen and oxygen atoms in total. The third-order valence-corrected chi connectivity index (χ3v) is 3.67. The first kappa shape index (κ1) is 21.9. The monoisotopic (exact) mass is 401 g/mol. The van der Waals surface area contributed by atoms with Gasteiger partial charge in [0.15, 0.2) is 11.5 Å². The van der Waals surface area contributed by atoms with Crippen molar-refractivity contribution >= 4 is 18.0 Å². The van der Waals surface area contributed by atoms with Crippen LogP contribution in [-0.4, -0.2) is 31.2 Å². The van der Waals surface area contributed by atoms with Crippen molar-refractivity contribution in [1.29, 1.82) is 0 Å². The molecule has 2 amide bonds. The zero-order valence-corrected chi connectivity index (χ0v) is 16.4. The van der Waals surface area contributed by atoms with Crippen molar-refractivity contribution in [2.45, 2.75) is 26.9 Å². The molecule has 0 heterocycles. The first-order valence-corrected chi connectivity index (χ1v) is 9.28. The lowest BCUT2D eigenvalue weighted by Gasteiger charge is -2.12. The minimum atomic E-state index is -0.838. The van der Waals surface area contributed by atoms with Gasteiger partial charge in [0.1, 0.15) is 12.4 Å². The van der Waals surface area contributed by atoms with Gasteiger partial charge in [0.25, 0.3) is 0 Å². The number of carbonyl (C=O) groups excluding carboxylic acids is 2. The van der Waals surface area contributed by atoms with E-state index in [9.17, 15) is 14.0 Å². The first-order chi connectivity index (χ1) is 14.0. The summed E-state index contributed by atoms with van der Waals surface area (Å²) >= 11 is 0. The molecule has 0 radical (unpaired) electrons. The number of halogens is 1. The van der Waals surface area contributed by atoms with Crippen LogP contribution in [0.2, 0.25) is 0 Å². The molecule has 0 bridgehead atoms. The number of nitrogens with zero attached hydrogens (tertiary/aromatic N) is 1. The van der Waals surface area contributed by atoms with E-state index in [4.69, 9.17) is 9.47 Å². The van der Waals surface area contributed by atoms with Crippen LogP contribution < -0.4 is 20.2 Å². The van der Waals surface area contributed by atoms with Gasteiger partial charge in [-0.05, 0) is 54.8 Å². The summed E-state index contributed by atoms with van der Waals surface area (Å²) in [4.78, 5) is 23.1. The third-order valence-electron chi connectivity index (χ3n) is 3.67. The highest BCUT2D eigenvalue weighted by molar-refractivity contribution is 6.35. The second-order valence-corrected chi connectivity index (χ2v) is 6.01. The Bertz CT molecular complexity index is 871. The van der Waals surface area contributed by atoms with E-state index in [1.165, 1.54) is 18.3 Å². The predicted molar refractivity (Wildman–Crippen MR) is 107 cm³/mol. The summed E-state index contributed by atoms with van der Waals surface area (Å²) in [7, 11) is 0. The molecule has 0 aliphatic rings. The van der Waals surface area contributed by atoms with Crippen LogP contribution in [0.5, 0.6) is 11.5 Å². The minimum Gasteiger partial charge on any atom is -0.490 e. The Morgan fingerprint density at radius 1 is 1.07 bits per heavy atom. The normalized spacial score (nSPS) is 10.6. The fourth-order valence-electron chi connectivity index (χ4n) is 2.32. The Morgan fingerprint density at radius 3 is 2.62 bits per heavy atom. The number of hydrogen-bond donors (Lipinski definition) is 2.